The second-order valence-electron chi connectivity index (χ2n) is 12.1. The minimum atomic E-state index is -3.80. The van der Waals surface area contributed by atoms with Crippen LogP contribution in [0.4, 0.5) is 17.1 Å². The van der Waals surface area contributed by atoms with Crippen LogP contribution in [0.5, 0.6) is 0 Å². The minimum absolute atomic E-state index is 0.104. The maximum atomic E-state index is 12.5. The Labute approximate surface area is 292 Å². The lowest BCUT2D eigenvalue weighted by molar-refractivity contribution is 0.207. The van der Waals surface area contributed by atoms with Gasteiger partial charge < -0.3 is 14.7 Å². The van der Waals surface area contributed by atoms with Gasteiger partial charge in [0.25, 0.3) is 0 Å². The fourth-order valence-corrected chi connectivity index (χ4v) is 7.28. The summed E-state index contributed by atoms with van der Waals surface area (Å²) in [5, 5.41) is 10.8. The van der Waals surface area contributed by atoms with Crippen LogP contribution < -0.4 is 16.3 Å². The molecule has 1 aliphatic rings. The molecule has 0 aliphatic carbocycles. The Morgan fingerprint density at radius 2 is 0.784 bits per heavy atom. The minimum Gasteiger partial charge on any atom is -0.340 e. The highest BCUT2D eigenvalue weighted by molar-refractivity contribution is 7.65. The first-order valence-corrected chi connectivity index (χ1v) is 21.6. The maximum absolute atomic E-state index is 12.5. The summed E-state index contributed by atoms with van der Waals surface area (Å²) in [7, 11) is -11.4. The molecule has 24 heteroatoms. The Morgan fingerprint density at radius 1 is 0.549 bits per heavy atom. The quantitative estimate of drug-likeness (QED) is 0.102. The Kier molecular flexibility index (Phi) is 13.1. The van der Waals surface area contributed by atoms with Crippen molar-refractivity contribution >= 4 is 55.5 Å². The van der Waals surface area contributed by atoms with Gasteiger partial charge in [-0.1, -0.05) is 15.3 Å². The molecule has 4 rings (SSSR count). The summed E-state index contributed by atoms with van der Waals surface area (Å²) in [5.41, 5.74) is 28.3. The Balaban J connectivity index is 1.70. The van der Waals surface area contributed by atoms with Crippen molar-refractivity contribution in [3.05, 3.63) is 84.8 Å². The van der Waals surface area contributed by atoms with Gasteiger partial charge in [0.15, 0.2) is 0 Å². The molecule has 270 valence electrons. The van der Waals surface area contributed by atoms with Crippen molar-refractivity contribution in [2.45, 2.75) is 19.6 Å². The molecular weight excluding hydrogens is 723 g/mol. The van der Waals surface area contributed by atoms with Crippen molar-refractivity contribution in [2.75, 3.05) is 59.3 Å². The van der Waals surface area contributed by atoms with Crippen molar-refractivity contribution in [1.29, 1.82) is 0 Å². The highest BCUT2D eigenvalue weighted by atomic mass is 31.2. The normalized spacial score (nSPS) is 18.2. The topological polar surface area (TPSA) is 307 Å². The second-order valence-corrected chi connectivity index (χ2v) is 18.7. The van der Waals surface area contributed by atoms with Crippen LogP contribution >= 0.6 is 22.1 Å². The molecule has 0 aromatic carbocycles. The molecule has 1 saturated heterocycles. The van der Waals surface area contributed by atoms with Crippen LogP contribution in [-0.2, 0) is 33.3 Å². The highest BCUT2D eigenvalue weighted by Crippen LogP contribution is 2.36. The third-order valence-corrected chi connectivity index (χ3v) is 10.9. The fourth-order valence-electron chi connectivity index (χ4n) is 5.22. The zero-order valence-corrected chi connectivity index (χ0v) is 30.6. The van der Waals surface area contributed by atoms with Crippen LogP contribution in [0.2, 0.25) is 0 Å². The van der Waals surface area contributed by atoms with Crippen LogP contribution in [0.3, 0.4) is 0 Å². The summed E-state index contributed by atoms with van der Waals surface area (Å²) >= 11 is 0. The van der Waals surface area contributed by atoms with E-state index in [0.29, 0.717) is 56.4 Å². The molecule has 51 heavy (non-hydrogen) atoms. The SMILES string of the molecule is CP(=O)(O)c1cc(N=[N+]=[N-])cc(CN2CCN(Cc3cc(N=[N+]=[N-])cc(P(C)(=O)O)n3)CCN(Cc3cc(N=[N+]=[N-])cc(P(C)(=O)O)n3)CC2)n1. The fraction of sp³-hybridized carbons (Fsp3) is 0.444. The lowest BCUT2D eigenvalue weighted by Crippen LogP contribution is -2.36. The van der Waals surface area contributed by atoms with E-state index in [0.717, 1.165) is 20.0 Å². The van der Waals surface area contributed by atoms with E-state index in [9.17, 15) is 28.4 Å². The number of rotatable bonds is 12. The third kappa shape index (κ3) is 12.0. The molecule has 3 aromatic rings. The Hall–Kier alpha value is -4.17. The molecule has 0 amide bonds. The van der Waals surface area contributed by atoms with E-state index in [4.69, 9.17) is 16.6 Å². The van der Waals surface area contributed by atoms with Crippen LogP contribution in [0.25, 0.3) is 31.3 Å². The first-order valence-electron chi connectivity index (χ1n) is 15.2. The zero-order valence-electron chi connectivity index (χ0n) is 27.9. The van der Waals surface area contributed by atoms with Crippen LogP contribution in [0, 0.1) is 0 Å². The van der Waals surface area contributed by atoms with Gasteiger partial charge in [0.2, 0.25) is 22.1 Å². The predicted molar refractivity (Wildman–Crippen MR) is 191 cm³/mol. The van der Waals surface area contributed by atoms with Crippen molar-refractivity contribution in [2.24, 2.45) is 15.3 Å². The largest absolute Gasteiger partial charge is 0.340 e. The lowest BCUT2D eigenvalue weighted by atomic mass is 10.2. The number of pyridine rings is 3. The van der Waals surface area contributed by atoms with E-state index >= 15 is 0 Å². The Morgan fingerprint density at radius 3 is 0.980 bits per heavy atom. The number of aromatic nitrogens is 3. The maximum Gasteiger partial charge on any atom is 0.244 e. The summed E-state index contributed by atoms with van der Waals surface area (Å²) in [6.07, 6.45) is 0. The standard InChI is InChI=1S/C27H36N15O6P3/c1-49(43,44)25-13-19(34-37-28)10-22(31-25)16-40-4-6-41(17-23-11-20(35-38-29)14-26(32-23)50(2,45)46)8-9-42(7-5-40)18-24-12-21(36-39-30)15-27(33-24)51(3,47)48/h10-15H,4-9,16-18H2,1-3H3,(H,43,44)(H,45,46)(H,47,48). The van der Waals surface area contributed by atoms with E-state index in [1.807, 2.05) is 14.7 Å². The van der Waals surface area contributed by atoms with Gasteiger partial charge in [0, 0.05) is 111 Å². The second kappa shape index (κ2) is 16.9. The van der Waals surface area contributed by atoms with E-state index in [2.05, 4.69) is 45.0 Å². The van der Waals surface area contributed by atoms with Gasteiger partial charge in [-0.3, -0.25) is 28.4 Å². The summed E-state index contributed by atoms with van der Waals surface area (Å²) in [6, 6.07) is 8.42. The molecule has 3 N–H and O–H groups in total. The summed E-state index contributed by atoms with van der Waals surface area (Å²) in [5.74, 6) is 0. The van der Waals surface area contributed by atoms with Gasteiger partial charge in [-0.15, -0.1) is 0 Å². The predicted octanol–water partition coefficient (Wildman–Crippen LogP) is 4.09. The first-order chi connectivity index (χ1) is 24.0. The lowest BCUT2D eigenvalue weighted by Gasteiger charge is -2.26. The van der Waals surface area contributed by atoms with Crippen LogP contribution in [0.1, 0.15) is 17.1 Å². The smallest absolute Gasteiger partial charge is 0.244 e. The molecular formula is C27H36N15O6P3. The number of nitrogens with zero attached hydrogens (tertiary/aromatic N) is 15. The van der Waals surface area contributed by atoms with Crippen molar-refractivity contribution in [1.82, 2.24) is 29.7 Å². The third-order valence-electron chi connectivity index (χ3n) is 7.66. The van der Waals surface area contributed by atoms with Gasteiger partial charge in [0.1, 0.15) is 16.3 Å². The van der Waals surface area contributed by atoms with E-state index < -0.39 is 22.1 Å². The molecule has 1 fully saturated rings. The molecule has 1 aliphatic heterocycles. The molecule has 21 nitrogen and oxygen atoms in total. The zero-order chi connectivity index (χ0) is 37.4. The summed E-state index contributed by atoms with van der Waals surface area (Å²) in [4.78, 5) is 58.4. The average molecular weight is 760 g/mol. The van der Waals surface area contributed by atoms with Gasteiger partial charge in [-0.05, 0) is 53.0 Å². The van der Waals surface area contributed by atoms with Gasteiger partial charge in [-0.2, -0.15) is 0 Å². The number of hydrogen-bond acceptors (Lipinski definition) is 12. The molecule has 3 aromatic heterocycles. The van der Waals surface area contributed by atoms with Crippen molar-refractivity contribution < 1.29 is 28.4 Å². The number of hydrogen-bond donors (Lipinski definition) is 3. The van der Waals surface area contributed by atoms with Gasteiger partial charge >= 0.3 is 0 Å². The van der Waals surface area contributed by atoms with Crippen LogP contribution in [-0.4, -0.2) is 104 Å². The first kappa shape index (κ1) is 39.6. The van der Waals surface area contributed by atoms with Crippen molar-refractivity contribution in [3.63, 3.8) is 0 Å². The summed E-state index contributed by atoms with van der Waals surface area (Å²) in [6.45, 7) is 6.85. The monoisotopic (exact) mass is 759 g/mol. The van der Waals surface area contributed by atoms with Gasteiger partial charge in [-0.25, -0.2) is 15.0 Å². The van der Waals surface area contributed by atoms with Crippen molar-refractivity contribution in [3.8, 4) is 0 Å². The van der Waals surface area contributed by atoms with Crippen LogP contribution in [0.15, 0.2) is 51.7 Å². The number of azide groups is 3. The molecule has 0 radical (unpaired) electrons. The average Bonchev–Trinajstić information content (AvgIpc) is 3.11. The molecule has 0 spiro atoms. The molecule has 0 saturated carbocycles. The molecule has 0 bridgehead atoms. The van der Waals surface area contributed by atoms with Gasteiger partial charge in [0.05, 0.1) is 17.1 Å². The molecule has 3 unspecified atom stereocenters. The Bertz CT molecular complexity index is 1820. The molecule has 4 heterocycles. The summed E-state index contributed by atoms with van der Waals surface area (Å²) < 4.78 is 37.5. The van der Waals surface area contributed by atoms with E-state index in [1.54, 1.807) is 0 Å². The van der Waals surface area contributed by atoms with E-state index in [1.165, 1.54) is 36.4 Å². The highest BCUT2D eigenvalue weighted by Gasteiger charge is 2.24. The van der Waals surface area contributed by atoms with E-state index in [-0.39, 0.29) is 53.0 Å². The molecule has 3 atom stereocenters.